The van der Waals surface area contributed by atoms with Gasteiger partial charge in [0.25, 0.3) is 0 Å². The summed E-state index contributed by atoms with van der Waals surface area (Å²) in [7, 11) is 0. The third kappa shape index (κ3) is 8.61. The van der Waals surface area contributed by atoms with Gasteiger partial charge in [0, 0.05) is 6.54 Å². The Bertz CT molecular complexity index is 145. The fourth-order valence-electron chi connectivity index (χ4n) is 0.996. The third-order valence-electron chi connectivity index (χ3n) is 1.90. The summed E-state index contributed by atoms with van der Waals surface area (Å²) in [6, 6.07) is 0. The van der Waals surface area contributed by atoms with Crippen molar-refractivity contribution >= 4 is 23.2 Å². The molecule has 0 fully saturated rings. The second kappa shape index (κ2) is 6.69. The van der Waals surface area contributed by atoms with Gasteiger partial charge in [0.15, 0.2) is 0 Å². The second-order valence-corrected chi connectivity index (χ2v) is 5.09. The number of rotatable bonds is 6. The molecular weight excluding hydrogens is 205 g/mol. The van der Waals surface area contributed by atoms with E-state index < -0.39 is 4.33 Å². The molecule has 0 rings (SSSR count). The van der Waals surface area contributed by atoms with Crippen LogP contribution in [0.3, 0.4) is 0 Å². The van der Waals surface area contributed by atoms with Gasteiger partial charge in [-0.25, -0.2) is 0 Å². The van der Waals surface area contributed by atoms with Crippen molar-refractivity contribution in [2.75, 3.05) is 19.6 Å². The van der Waals surface area contributed by atoms with Crippen molar-refractivity contribution in [1.82, 2.24) is 4.90 Å². The smallest absolute Gasteiger partial charge is 0.119 e. The monoisotopic (exact) mass is 223 g/mol. The van der Waals surface area contributed by atoms with Crippen molar-refractivity contribution in [2.45, 2.75) is 31.5 Å². The zero-order valence-electron chi connectivity index (χ0n) is 8.69. The fraction of sp³-hybridized carbons (Fsp3) is 0.800. The Morgan fingerprint density at radius 2 is 1.69 bits per heavy atom. The van der Waals surface area contributed by atoms with Crippen LogP contribution in [-0.4, -0.2) is 28.9 Å². The van der Waals surface area contributed by atoms with Gasteiger partial charge >= 0.3 is 0 Å². The zero-order valence-corrected chi connectivity index (χ0v) is 10.2. The van der Waals surface area contributed by atoms with Crippen molar-refractivity contribution in [3.05, 3.63) is 12.2 Å². The first-order valence-electron chi connectivity index (χ1n) is 4.74. The van der Waals surface area contributed by atoms with Crippen LogP contribution in [0.4, 0.5) is 0 Å². The van der Waals surface area contributed by atoms with E-state index in [0.29, 0.717) is 6.42 Å². The number of allylic oxidation sites excluding steroid dienone is 1. The van der Waals surface area contributed by atoms with Gasteiger partial charge in [0.05, 0.1) is 0 Å². The highest BCUT2D eigenvalue weighted by Gasteiger charge is 2.12. The number of hydrogen-bond donors (Lipinski definition) is 0. The lowest BCUT2D eigenvalue weighted by molar-refractivity contribution is 0.337. The molecule has 0 atom stereocenters. The number of nitrogens with zero attached hydrogens (tertiary/aromatic N) is 1. The SMILES string of the molecule is CCN(CC)C/C=C/CC(C)(Cl)Cl. The van der Waals surface area contributed by atoms with Crippen LogP contribution in [0.15, 0.2) is 12.2 Å². The van der Waals surface area contributed by atoms with E-state index in [9.17, 15) is 0 Å². The van der Waals surface area contributed by atoms with E-state index in [-0.39, 0.29) is 0 Å². The van der Waals surface area contributed by atoms with Crippen molar-refractivity contribution in [3.8, 4) is 0 Å². The average Bonchev–Trinajstić information content (AvgIpc) is 2.03. The molecule has 0 aliphatic carbocycles. The molecule has 0 amide bonds. The maximum absolute atomic E-state index is 5.82. The molecule has 0 bridgehead atoms. The van der Waals surface area contributed by atoms with E-state index in [0.717, 1.165) is 19.6 Å². The molecule has 0 aliphatic rings. The van der Waals surface area contributed by atoms with Crippen molar-refractivity contribution < 1.29 is 0 Å². The van der Waals surface area contributed by atoms with E-state index in [2.05, 4.69) is 24.8 Å². The van der Waals surface area contributed by atoms with Gasteiger partial charge in [-0.15, -0.1) is 23.2 Å². The van der Waals surface area contributed by atoms with Gasteiger partial charge in [-0.2, -0.15) is 0 Å². The Morgan fingerprint density at radius 3 is 2.08 bits per heavy atom. The molecule has 0 unspecified atom stereocenters. The predicted octanol–water partition coefficient (Wildman–Crippen LogP) is 3.47. The molecule has 0 aromatic heterocycles. The molecule has 0 aromatic carbocycles. The number of hydrogen-bond acceptors (Lipinski definition) is 1. The van der Waals surface area contributed by atoms with Crippen LogP contribution in [0.1, 0.15) is 27.2 Å². The Morgan fingerprint density at radius 1 is 1.15 bits per heavy atom. The van der Waals surface area contributed by atoms with Gasteiger partial charge in [0.1, 0.15) is 4.33 Å². The standard InChI is InChI=1S/C10H19Cl2N/c1-4-13(5-2)9-7-6-8-10(3,11)12/h6-7H,4-5,8-9H2,1-3H3/b7-6+. The van der Waals surface area contributed by atoms with Gasteiger partial charge in [0.2, 0.25) is 0 Å². The predicted molar refractivity (Wildman–Crippen MR) is 61.7 cm³/mol. The van der Waals surface area contributed by atoms with Crippen molar-refractivity contribution in [2.24, 2.45) is 0 Å². The topological polar surface area (TPSA) is 3.24 Å². The van der Waals surface area contributed by atoms with Crippen LogP contribution >= 0.6 is 23.2 Å². The minimum absolute atomic E-state index is 0.625. The summed E-state index contributed by atoms with van der Waals surface area (Å²) in [6.45, 7) is 9.27. The maximum atomic E-state index is 5.82. The Balaban J connectivity index is 3.62. The van der Waals surface area contributed by atoms with Crippen molar-refractivity contribution in [1.29, 1.82) is 0 Å². The van der Waals surface area contributed by atoms with Crippen LogP contribution in [0.2, 0.25) is 0 Å². The summed E-state index contributed by atoms with van der Waals surface area (Å²) < 4.78 is -0.625. The van der Waals surface area contributed by atoms with Gasteiger partial charge < -0.3 is 4.90 Å². The lowest BCUT2D eigenvalue weighted by atomic mass is 10.3. The Labute approximate surface area is 91.7 Å². The van der Waals surface area contributed by atoms with Gasteiger partial charge in [-0.05, 0) is 26.4 Å². The highest BCUT2D eigenvalue weighted by Crippen LogP contribution is 2.24. The molecule has 13 heavy (non-hydrogen) atoms. The fourth-order valence-corrected chi connectivity index (χ4v) is 1.17. The number of alkyl halides is 2. The summed E-state index contributed by atoms with van der Waals surface area (Å²) in [6.07, 6.45) is 4.87. The minimum Gasteiger partial charge on any atom is -0.300 e. The lowest BCUT2D eigenvalue weighted by Gasteiger charge is -2.15. The average molecular weight is 224 g/mol. The van der Waals surface area contributed by atoms with Gasteiger partial charge in [-0.3, -0.25) is 0 Å². The number of likely N-dealkylation sites (N-methyl/N-ethyl adjacent to an activating group) is 1. The van der Waals surface area contributed by atoms with Crippen LogP contribution in [0.5, 0.6) is 0 Å². The lowest BCUT2D eigenvalue weighted by Crippen LogP contribution is -2.22. The molecule has 3 heteroatoms. The van der Waals surface area contributed by atoms with E-state index in [1.165, 1.54) is 0 Å². The molecule has 78 valence electrons. The highest BCUT2D eigenvalue weighted by molar-refractivity contribution is 6.48. The van der Waals surface area contributed by atoms with E-state index in [1.54, 1.807) is 6.92 Å². The van der Waals surface area contributed by atoms with Crippen LogP contribution < -0.4 is 0 Å². The largest absolute Gasteiger partial charge is 0.300 e. The van der Waals surface area contributed by atoms with Crippen LogP contribution in [0.25, 0.3) is 0 Å². The molecule has 0 radical (unpaired) electrons. The van der Waals surface area contributed by atoms with Gasteiger partial charge in [-0.1, -0.05) is 26.0 Å². The highest BCUT2D eigenvalue weighted by atomic mass is 35.5. The van der Waals surface area contributed by atoms with E-state index in [1.807, 2.05) is 6.08 Å². The Hall–Kier alpha value is 0.280. The second-order valence-electron chi connectivity index (χ2n) is 3.23. The first-order chi connectivity index (χ1) is 5.99. The van der Waals surface area contributed by atoms with E-state index in [4.69, 9.17) is 23.2 Å². The summed E-state index contributed by atoms with van der Waals surface area (Å²) >= 11 is 11.6. The van der Waals surface area contributed by atoms with Crippen molar-refractivity contribution in [3.63, 3.8) is 0 Å². The molecule has 0 spiro atoms. The zero-order chi connectivity index (χ0) is 10.3. The molecule has 0 heterocycles. The molecule has 0 saturated carbocycles. The summed E-state index contributed by atoms with van der Waals surface area (Å²) in [5.74, 6) is 0. The normalized spacial score (nSPS) is 13.1. The number of halogens is 2. The molecule has 0 saturated heterocycles. The molecule has 0 N–H and O–H groups in total. The molecular formula is C10H19Cl2N. The summed E-state index contributed by atoms with van der Waals surface area (Å²) in [4.78, 5) is 2.33. The first kappa shape index (κ1) is 13.3. The molecule has 0 aliphatic heterocycles. The Kier molecular flexibility index (Phi) is 6.84. The summed E-state index contributed by atoms with van der Waals surface area (Å²) in [5, 5.41) is 0. The third-order valence-corrected chi connectivity index (χ3v) is 2.21. The molecule has 1 nitrogen and oxygen atoms in total. The first-order valence-corrected chi connectivity index (χ1v) is 5.50. The quantitative estimate of drug-likeness (QED) is 0.493. The maximum Gasteiger partial charge on any atom is 0.119 e. The van der Waals surface area contributed by atoms with Crippen LogP contribution in [-0.2, 0) is 0 Å². The van der Waals surface area contributed by atoms with Crippen LogP contribution in [0, 0.1) is 0 Å². The molecule has 0 aromatic rings. The minimum atomic E-state index is -0.625. The van der Waals surface area contributed by atoms with E-state index >= 15 is 0 Å². The summed E-state index contributed by atoms with van der Waals surface area (Å²) in [5.41, 5.74) is 0.